The summed E-state index contributed by atoms with van der Waals surface area (Å²) in [5, 5.41) is 0. The largest absolute Gasteiger partial charge is 0.494 e. The van der Waals surface area contributed by atoms with Gasteiger partial charge in [-0.25, -0.2) is 14.4 Å². The summed E-state index contributed by atoms with van der Waals surface area (Å²) in [6, 6.07) is 16.6. The lowest BCUT2D eigenvalue weighted by Crippen LogP contribution is -2.30. The third-order valence-electron chi connectivity index (χ3n) is 11.6. The van der Waals surface area contributed by atoms with E-state index in [2.05, 4.69) is 17.9 Å². The van der Waals surface area contributed by atoms with Crippen molar-refractivity contribution in [3.8, 4) is 34.5 Å². The molecule has 1 saturated carbocycles. The normalized spacial score (nSPS) is 13.8. The number of benzene rings is 4. The van der Waals surface area contributed by atoms with Gasteiger partial charge in [0.1, 0.15) is 34.5 Å². The molecule has 5 rings (SSSR count). The molecule has 0 heterocycles. The Bertz CT molecular complexity index is 2430. The van der Waals surface area contributed by atoms with E-state index in [0.717, 1.165) is 6.08 Å². The molecule has 14 nitrogen and oxygen atoms in total. The SMILES string of the molecule is C=CC.C=CC(=O)OCCCCOc1ccc(C(=O)Oc2c(C)cc(OC(=O)C3CCC(C(=O)Oc4cc(C)c(OC(=O)c5ccc(OCCCCOC=O)cc5)c(C)c4C)CC3)c(C)c2C)cc1. The van der Waals surface area contributed by atoms with Gasteiger partial charge in [0.25, 0.3) is 6.47 Å². The lowest BCUT2D eigenvalue weighted by Gasteiger charge is -2.26. The van der Waals surface area contributed by atoms with Crippen LogP contribution in [0, 0.1) is 53.4 Å². The van der Waals surface area contributed by atoms with E-state index >= 15 is 0 Å². The number of allylic oxidation sites excluding steroid dienone is 1. The zero-order chi connectivity index (χ0) is 50.5. The molecule has 69 heavy (non-hydrogen) atoms. The monoisotopic (exact) mass is 948 g/mol. The first-order valence-electron chi connectivity index (χ1n) is 23.1. The van der Waals surface area contributed by atoms with Crippen LogP contribution >= 0.6 is 0 Å². The van der Waals surface area contributed by atoms with Crippen LogP contribution in [0.5, 0.6) is 34.5 Å². The molecule has 4 aromatic rings. The summed E-state index contributed by atoms with van der Waals surface area (Å²) in [4.78, 5) is 74.5. The predicted octanol–water partition coefficient (Wildman–Crippen LogP) is 10.7. The molecule has 1 fully saturated rings. The van der Waals surface area contributed by atoms with E-state index in [-0.39, 0.29) is 12.6 Å². The highest BCUT2D eigenvalue weighted by Crippen LogP contribution is 2.38. The van der Waals surface area contributed by atoms with Crippen molar-refractivity contribution in [3.63, 3.8) is 0 Å². The third kappa shape index (κ3) is 16.2. The summed E-state index contributed by atoms with van der Waals surface area (Å²) in [5.74, 6) is -0.451. The molecule has 1 aliphatic rings. The first-order valence-corrected chi connectivity index (χ1v) is 23.1. The van der Waals surface area contributed by atoms with Crippen LogP contribution in [-0.4, -0.2) is 62.7 Å². The van der Waals surface area contributed by atoms with Gasteiger partial charge in [-0.2, -0.15) is 0 Å². The van der Waals surface area contributed by atoms with Gasteiger partial charge >= 0.3 is 29.8 Å². The minimum Gasteiger partial charge on any atom is -0.494 e. The highest BCUT2D eigenvalue weighted by Gasteiger charge is 2.33. The Balaban J connectivity index is 0.00000336. The molecule has 0 bridgehead atoms. The fourth-order valence-corrected chi connectivity index (χ4v) is 7.35. The Labute approximate surface area is 404 Å². The first kappa shape index (κ1) is 54.4. The Kier molecular flexibility index (Phi) is 21.7. The molecule has 1 aliphatic carbocycles. The number of esters is 5. The number of ether oxygens (including phenoxy) is 8. The number of carbonyl (C=O) groups excluding carboxylic acids is 6. The summed E-state index contributed by atoms with van der Waals surface area (Å²) < 4.78 is 44.5. The van der Waals surface area contributed by atoms with Gasteiger partial charge in [0, 0.05) is 6.08 Å². The fraction of sp³-hybridized carbons (Fsp3) is 0.382. The quantitative estimate of drug-likeness (QED) is 0.0182. The average molecular weight is 949 g/mol. The molecule has 368 valence electrons. The van der Waals surface area contributed by atoms with Crippen LogP contribution in [0.1, 0.15) is 112 Å². The lowest BCUT2D eigenvalue weighted by atomic mass is 9.82. The molecule has 0 aliphatic heterocycles. The van der Waals surface area contributed by atoms with E-state index in [4.69, 9.17) is 33.2 Å². The van der Waals surface area contributed by atoms with Crippen molar-refractivity contribution in [2.24, 2.45) is 11.8 Å². The number of hydrogen-bond donors (Lipinski definition) is 0. The number of unbranched alkanes of at least 4 members (excludes halogenated alkanes) is 2. The van der Waals surface area contributed by atoms with E-state index < -0.39 is 35.7 Å². The van der Waals surface area contributed by atoms with Crippen molar-refractivity contribution in [1.82, 2.24) is 0 Å². The Morgan fingerprint density at radius 2 is 0.928 bits per heavy atom. The van der Waals surface area contributed by atoms with Crippen molar-refractivity contribution < 1.29 is 66.7 Å². The highest BCUT2D eigenvalue weighted by molar-refractivity contribution is 5.92. The van der Waals surface area contributed by atoms with Crippen LogP contribution in [-0.2, 0) is 28.7 Å². The Morgan fingerprint density at radius 3 is 1.30 bits per heavy atom. The van der Waals surface area contributed by atoms with Gasteiger partial charge < -0.3 is 37.9 Å². The van der Waals surface area contributed by atoms with Crippen LogP contribution in [0.3, 0.4) is 0 Å². The van der Waals surface area contributed by atoms with Gasteiger partial charge in [0.2, 0.25) is 0 Å². The fourth-order valence-electron chi connectivity index (χ4n) is 7.35. The molecular formula is C55H64O14. The zero-order valence-corrected chi connectivity index (χ0v) is 40.8. The maximum atomic E-state index is 13.4. The summed E-state index contributed by atoms with van der Waals surface area (Å²) >= 11 is 0. The van der Waals surface area contributed by atoms with Gasteiger partial charge in [-0.1, -0.05) is 12.7 Å². The van der Waals surface area contributed by atoms with Crippen LogP contribution in [0.4, 0.5) is 0 Å². The molecule has 0 N–H and O–H groups in total. The average Bonchev–Trinajstić information content (AvgIpc) is 3.35. The predicted molar refractivity (Wildman–Crippen MR) is 259 cm³/mol. The standard InChI is InChI=1S/C52H58O14.C3H6/c1-8-46(54)62-28-12-11-27-61-43-23-19-41(20-24-43)52(58)66-48-33(3)30-45(35(5)37(48)7)64-50(56)39-15-13-38(14-16-39)49(55)63-44-29-32(2)47(36(6)34(44)4)65-51(57)40-17-21-42(22-18-40)60-26-10-9-25-59-31-53;1-3-2/h8,17-24,29-31,38-39H,1,9-16,25-28H2,2-7H3;3H,1H2,2H3. The minimum atomic E-state index is -0.548. The number of aryl methyl sites for hydroxylation is 2. The van der Waals surface area contributed by atoms with E-state index in [0.29, 0.717) is 157 Å². The smallest absolute Gasteiger partial charge is 0.343 e. The molecule has 0 unspecified atom stereocenters. The number of rotatable bonds is 22. The second-order valence-electron chi connectivity index (χ2n) is 16.6. The van der Waals surface area contributed by atoms with Gasteiger partial charge in [0.15, 0.2) is 0 Å². The molecule has 0 spiro atoms. The van der Waals surface area contributed by atoms with E-state index in [1.807, 2.05) is 6.92 Å². The maximum Gasteiger partial charge on any atom is 0.343 e. The molecule has 0 amide bonds. The summed E-state index contributed by atoms with van der Waals surface area (Å²) in [5.41, 5.74) is 4.56. The van der Waals surface area contributed by atoms with Crippen LogP contribution in [0.25, 0.3) is 0 Å². The van der Waals surface area contributed by atoms with Crippen molar-refractivity contribution >= 4 is 36.3 Å². The Morgan fingerprint density at radius 1 is 0.551 bits per heavy atom. The van der Waals surface area contributed by atoms with E-state index in [9.17, 15) is 28.8 Å². The molecule has 0 aromatic heterocycles. The molecule has 14 heteroatoms. The summed E-state index contributed by atoms with van der Waals surface area (Å²) in [6.45, 7) is 21.3. The van der Waals surface area contributed by atoms with Crippen LogP contribution in [0.2, 0.25) is 0 Å². The topological polar surface area (TPSA) is 176 Å². The second kappa shape index (κ2) is 27.6. The van der Waals surface area contributed by atoms with Crippen molar-refractivity contribution in [1.29, 1.82) is 0 Å². The third-order valence-corrected chi connectivity index (χ3v) is 11.6. The Hall–Kier alpha value is -7.22. The number of carbonyl (C=O) groups is 6. The molecular weight excluding hydrogens is 885 g/mol. The second-order valence-corrected chi connectivity index (χ2v) is 16.6. The van der Waals surface area contributed by atoms with Crippen molar-refractivity contribution in [2.45, 2.75) is 99.8 Å². The van der Waals surface area contributed by atoms with Gasteiger partial charge in [-0.3, -0.25) is 14.4 Å². The van der Waals surface area contributed by atoms with E-state index in [1.54, 1.807) is 108 Å². The van der Waals surface area contributed by atoms with Crippen molar-refractivity contribution in [3.05, 3.63) is 130 Å². The van der Waals surface area contributed by atoms with Crippen LogP contribution in [0.15, 0.2) is 86.0 Å². The zero-order valence-electron chi connectivity index (χ0n) is 40.8. The minimum absolute atomic E-state index is 0.284. The van der Waals surface area contributed by atoms with Gasteiger partial charge in [0.05, 0.1) is 49.4 Å². The van der Waals surface area contributed by atoms with Crippen LogP contribution < -0.4 is 28.4 Å². The lowest BCUT2D eigenvalue weighted by molar-refractivity contribution is -0.145. The first-order chi connectivity index (χ1) is 33.1. The molecule has 0 saturated heterocycles. The van der Waals surface area contributed by atoms with E-state index in [1.165, 1.54) is 0 Å². The van der Waals surface area contributed by atoms with Gasteiger partial charge in [-0.15, -0.1) is 6.58 Å². The van der Waals surface area contributed by atoms with Gasteiger partial charge in [-0.05, 0) is 194 Å². The summed E-state index contributed by atoms with van der Waals surface area (Å²) in [7, 11) is 0. The van der Waals surface area contributed by atoms with Crippen molar-refractivity contribution in [2.75, 3.05) is 26.4 Å². The maximum absolute atomic E-state index is 13.4. The molecule has 0 atom stereocenters. The highest BCUT2D eigenvalue weighted by atomic mass is 16.6. The molecule has 0 radical (unpaired) electrons. The number of hydrogen-bond acceptors (Lipinski definition) is 14. The molecule has 4 aromatic carbocycles. The summed E-state index contributed by atoms with van der Waals surface area (Å²) in [6.07, 6.45) is 7.36.